The molecule has 0 saturated carbocycles. The summed E-state index contributed by atoms with van der Waals surface area (Å²) in [5.74, 6) is -0.157. The van der Waals surface area contributed by atoms with Crippen LogP contribution in [0.1, 0.15) is 20.8 Å². The standard InChI is InChI=1S/C23H27N3O4/c1-4-25(5-2)21-12-8-18(9-13-22(21)28)17-6-10-19(11-7-17)26-15-20(30-23(26)29)14-24-16(3)27/h6-13,20H,4-5,14-15H2,1-3H3,(H,24,27). The van der Waals surface area contributed by atoms with Crippen LogP contribution in [0.25, 0.3) is 11.1 Å². The highest BCUT2D eigenvalue weighted by atomic mass is 16.6. The van der Waals surface area contributed by atoms with Crippen molar-refractivity contribution in [2.75, 3.05) is 36.0 Å². The second-order valence-corrected chi connectivity index (χ2v) is 7.14. The predicted molar refractivity (Wildman–Crippen MR) is 118 cm³/mol. The van der Waals surface area contributed by atoms with E-state index in [-0.39, 0.29) is 17.4 Å². The molecule has 1 unspecified atom stereocenters. The Bertz CT molecular complexity index is 971. The molecule has 7 nitrogen and oxygen atoms in total. The number of rotatable bonds is 7. The van der Waals surface area contributed by atoms with Crippen LogP contribution in [0.15, 0.2) is 53.3 Å². The van der Waals surface area contributed by atoms with Gasteiger partial charge in [-0.1, -0.05) is 24.3 Å². The summed E-state index contributed by atoms with van der Waals surface area (Å²) in [6.45, 7) is 7.70. The van der Waals surface area contributed by atoms with Gasteiger partial charge in [-0.3, -0.25) is 14.5 Å². The van der Waals surface area contributed by atoms with Gasteiger partial charge in [0.25, 0.3) is 0 Å². The van der Waals surface area contributed by atoms with Gasteiger partial charge in [0.2, 0.25) is 11.3 Å². The highest BCUT2D eigenvalue weighted by molar-refractivity contribution is 5.90. The highest BCUT2D eigenvalue weighted by Crippen LogP contribution is 2.26. The first kappa shape index (κ1) is 21.4. The molecule has 2 amide bonds. The molecule has 1 saturated heterocycles. The maximum absolute atomic E-state index is 12.4. The number of cyclic esters (lactones) is 1. The third-order valence-electron chi connectivity index (χ3n) is 5.16. The fraction of sp³-hybridized carbons (Fsp3) is 0.348. The van der Waals surface area contributed by atoms with Crippen LogP contribution < -0.4 is 20.5 Å². The molecule has 0 aliphatic carbocycles. The Kier molecular flexibility index (Phi) is 6.72. The van der Waals surface area contributed by atoms with Gasteiger partial charge in [0.15, 0.2) is 0 Å². The second kappa shape index (κ2) is 9.43. The quantitative estimate of drug-likeness (QED) is 0.761. The predicted octanol–water partition coefficient (Wildman–Crippen LogP) is 3.02. The number of carbonyl (C=O) groups excluding carboxylic acids is 2. The molecule has 0 radical (unpaired) electrons. The van der Waals surface area contributed by atoms with Gasteiger partial charge in [0.05, 0.1) is 18.8 Å². The first-order valence-corrected chi connectivity index (χ1v) is 10.1. The molecule has 7 heteroatoms. The zero-order valence-electron chi connectivity index (χ0n) is 17.6. The lowest BCUT2D eigenvalue weighted by Crippen LogP contribution is -2.33. The number of anilines is 2. The highest BCUT2D eigenvalue weighted by Gasteiger charge is 2.32. The third kappa shape index (κ3) is 4.79. The summed E-state index contributed by atoms with van der Waals surface area (Å²) in [5.41, 5.74) is 3.27. The van der Waals surface area contributed by atoms with E-state index in [4.69, 9.17) is 4.74 Å². The van der Waals surface area contributed by atoms with Gasteiger partial charge in [0.1, 0.15) is 6.10 Å². The molecule has 2 aromatic rings. The summed E-state index contributed by atoms with van der Waals surface area (Å²) in [6, 6.07) is 14.8. The van der Waals surface area contributed by atoms with Crippen LogP contribution >= 0.6 is 0 Å². The van der Waals surface area contributed by atoms with Crippen LogP contribution in [0.4, 0.5) is 16.2 Å². The topological polar surface area (TPSA) is 79.0 Å². The zero-order valence-corrected chi connectivity index (χ0v) is 17.6. The van der Waals surface area contributed by atoms with E-state index in [1.807, 2.05) is 61.2 Å². The van der Waals surface area contributed by atoms with E-state index >= 15 is 0 Å². The summed E-state index contributed by atoms with van der Waals surface area (Å²) in [6.07, 6.45) is -0.799. The van der Waals surface area contributed by atoms with E-state index in [2.05, 4.69) is 5.32 Å². The summed E-state index contributed by atoms with van der Waals surface area (Å²) < 4.78 is 5.31. The minimum atomic E-state index is -0.427. The van der Waals surface area contributed by atoms with Gasteiger partial charge in [-0.2, -0.15) is 0 Å². The Balaban J connectivity index is 1.78. The Morgan fingerprint density at radius 1 is 1.03 bits per heavy atom. The van der Waals surface area contributed by atoms with Gasteiger partial charge >= 0.3 is 6.09 Å². The number of nitrogens with zero attached hydrogens (tertiary/aromatic N) is 2. The monoisotopic (exact) mass is 409 g/mol. The van der Waals surface area contributed by atoms with Crippen LogP contribution in [-0.4, -0.2) is 44.3 Å². The van der Waals surface area contributed by atoms with Crippen LogP contribution in [-0.2, 0) is 9.53 Å². The van der Waals surface area contributed by atoms with Crippen molar-refractivity contribution in [3.63, 3.8) is 0 Å². The molecule has 3 rings (SSSR count). The summed E-state index contributed by atoms with van der Waals surface area (Å²) in [4.78, 5) is 39.2. The summed E-state index contributed by atoms with van der Waals surface area (Å²) in [7, 11) is 0. The summed E-state index contributed by atoms with van der Waals surface area (Å²) >= 11 is 0. The zero-order chi connectivity index (χ0) is 21.7. The van der Waals surface area contributed by atoms with Crippen molar-refractivity contribution in [2.24, 2.45) is 0 Å². The minimum Gasteiger partial charge on any atom is -0.442 e. The molecule has 2 aromatic carbocycles. The van der Waals surface area contributed by atoms with Gasteiger partial charge in [-0.05, 0) is 49.2 Å². The van der Waals surface area contributed by atoms with Crippen molar-refractivity contribution in [3.05, 3.63) is 58.8 Å². The number of hydrogen-bond acceptors (Lipinski definition) is 5. The van der Waals surface area contributed by atoms with E-state index in [0.29, 0.717) is 18.8 Å². The second-order valence-electron chi connectivity index (χ2n) is 7.14. The van der Waals surface area contributed by atoms with E-state index < -0.39 is 6.09 Å². The van der Waals surface area contributed by atoms with Gasteiger partial charge < -0.3 is 15.0 Å². The molecule has 1 atom stereocenters. The first-order chi connectivity index (χ1) is 14.4. The van der Waals surface area contributed by atoms with E-state index in [0.717, 1.165) is 29.9 Å². The minimum absolute atomic E-state index is 0.00778. The van der Waals surface area contributed by atoms with Crippen molar-refractivity contribution >= 4 is 23.4 Å². The number of ether oxygens (including phenoxy) is 1. The van der Waals surface area contributed by atoms with Crippen molar-refractivity contribution in [2.45, 2.75) is 26.9 Å². The average Bonchev–Trinajstić information content (AvgIpc) is 3.01. The number of hydrogen-bond donors (Lipinski definition) is 1. The fourth-order valence-electron chi connectivity index (χ4n) is 3.51. The Labute approximate surface area is 176 Å². The third-order valence-corrected chi connectivity index (χ3v) is 5.16. The number of amides is 2. The molecule has 30 heavy (non-hydrogen) atoms. The molecule has 0 aromatic heterocycles. The molecular weight excluding hydrogens is 382 g/mol. The lowest BCUT2D eigenvalue weighted by molar-refractivity contribution is -0.119. The van der Waals surface area contributed by atoms with Crippen LogP contribution in [0.2, 0.25) is 0 Å². The maximum Gasteiger partial charge on any atom is 0.414 e. The maximum atomic E-state index is 12.4. The molecule has 1 fully saturated rings. The number of benzene rings is 1. The normalized spacial score (nSPS) is 15.6. The fourth-order valence-corrected chi connectivity index (χ4v) is 3.51. The van der Waals surface area contributed by atoms with Gasteiger partial charge in [0, 0.05) is 25.7 Å². The SMILES string of the molecule is CCN(CC)c1ccc(-c2ccc(N3CC(CNC(C)=O)OC3=O)cc2)ccc1=O. The number of nitrogens with one attached hydrogen (secondary N) is 1. The van der Waals surface area contributed by atoms with Crippen LogP contribution in [0.3, 0.4) is 0 Å². The van der Waals surface area contributed by atoms with Crippen molar-refractivity contribution in [1.29, 1.82) is 0 Å². The first-order valence-electron chi connectivity index (χ1n) is 10.1. The van der Waals surface area contributed by atoms with Crippen molar-refractivity contribution in [1.82, 2.24) is 5.32 Å². The molecule has 1 N–H and O–H groups in total. The smallest absolute Gasteiger partial charge is 0.414 e. The Hall–Kier alpha value is -3.35. The van der Waals surface area contributed by atoms with Gasteiger partial charge in [-0.15, -0.1) is 0 Å². The molecule has 0 bridgehead atoms. The van der Waals surface area contributed by atoms with Gasteiger partial charge in [-0.25, -0.2) is 4.79 Å². The van der Waals surface area contributed by atoms with Crippen molar-refractivity contribution in [3.8, 4) is 11.1 Å². The molecule has 1 heterocycles. The van der Waals surface area contributed by atoms with E-state index in [9.17, 15) is 14.4 Å². The van der Waals surface area contributed by atoms with Crippen molar-refractivity contribution < 1.29 is 14.3 Å². The van der Waals surface area contributed by atoms with Crippen LogP contribution in [0, 0.1) is 0 Å². The Morgan fingerprint density at radius 2 is 1.63 bits per heavy atom. The summed E-state index contributed by atoms with van der Waals surface area (Å²) in [5, 5.41) is 2.67. The molecule has 1 aliphatic rings. The molecule has 158 valence electrons. The Morgan fingerprint density at radius 3 is 2.23 bits per heavy atom. The largest absolute Gasteiger partial charge is 0.442 e. The molecule has 0 spiro atoms. The lowest BCUT2D eigenvalue weighted by atomic mass is 10.1. The lowest BCUT2D eigenvalue weighted by Gasteiger charge is -2.18. The van der Waals surface area contributed by atoms with Crippen LogP contribution in [0.5, 0.6) is 0 Å². The van der Waals surface area contributed by atoms with E-state index in [1.54, 1.807) is 11.0 Å². The number of carbonyl (C=O) groups is 2. The molecule has 1 aliphatic heterocycles. The molecular formula is C23H27N3O4. The van der Waals surface area contributed by atoms with E-state index in [1.165, 1.54) is 6.92 Å². The average molecular weight is 409 g/mol.